The molecule has 3 N–H and O–H groups in total. The highest BCUT2D eigenvalue weighted by molar-refractivity contribution is 5.19. The van der Waals surface area contributed by atoms with Crippen molar-refractivity contribution in [1.82, 2.24) is 4.98 Å². The van der Waals surface area contributed by atoms with E-state index in [-0.39, 0.29) is 6.61 Å². The minimum absolute atomic E-state index is 0.247. The second kappa shape index (κ2) is 4.39. The van der Waals surface area contributed by atoms with Crippen LogP contribution in [0.5, 0.6) is 5.75 Å². The number of rotatable bonds is 4. The van der Waals surface area contributed by atoms with E-state index in [9.17, 15) is 5.11 Å². The smallest absolute Gasteiger partial charge is 0.137 e. The first kappa shape index (κ1) is 10.9. The Labute approximate surface area is 83.7 Å². The van der Waals surface area contributed by atoms with Gasteiger partial charge in [-0.05, 0) is 26.0 Å². The molecular formula is C10H16N2O2. The van der Waals surface area contributed by atoms with Gasteiger partial charge in [-0.15, -0.1) is 0 Å². The normalized spacial score (nSPS) is 11.4. The lowest BCUT2D eigenvalue weighted by Gasteiger charge is -2.17. The average molecular weight is 196 g/mol. The van der Waals surface area contributed by atoms with E-state index in [1.165, 1.54) is 0 Å². The SMILES string of the molecule is CC(C)(O)COc1ccc(CN)nc1. The van der Waals surface area contributed by atoms with Crippen molar-refractivity contribution in [3.05, 3.63) is 24.0 Å². The molecular weight excluding hydrogens is 180 g/mol. The molecule has 0 fully saturated rings. The topological polar surface area (TPSA) is 68.4 Å². The van der Waals surface area contributed by atoms with Crippen LogP contribution in [0.15, 0.2) is 18.3 Å². The zero-order valence-corrected chi connectivity index (χ0v) is 8.53. The maximum atomic E-state index is 9.41. The van der Waals surface area contributed by atoms with Crippen molar-refractivity contribution in [2.45, 2.75) is 26.0 Å². The van der Waals surface area contributed by atoms with Crippen molar-refractivity contribution in [2.75, 3.05) is 6.61 Å². The van der Waals surface area contributed by atoms with E-state index in [0.29, 0.717) is 12.3 Å². The van der Waals surface area contributed by atoms with Crippen LogP contribution in [0.2, 0.25) is 0 Å². The molecule has 78 valence electrons. The van der Waals surface area contributed by atoms with E-state index >= 15 is 0 Å². The molecule has 0 bridgehead atoms. The quantitative estimate of drug-likeness (QED) is 0.743. The highest BCUT2D eigenvalue weighted by Crippen LogP contribution is 2.11. The van der Waals surface area contributed by atoms with Crippen LogP contribution in [-0.2, 0) is 6.54 Å². The van der Waals surface area contributed by atoms with Gasteiger partial charge in [0.15, 0.2) is 0 Å². The van der Waals surface area contributed by atoms with Crippen molar-refractivity contribution < 1.29 is 9.84 Å². The zero-order valence-electron chi connectivity index (χ0n) is 8.53. The molecule has 4 nitrogen and oxygen atoms in total. The number of ether oxygens (including phenoxy) is 1. The first-order chi connectivity index (χ1) is 6.51. The van der Waals surface area contributed by atoms with Crippen molar-refractivity contribution in [3.63, 3.8) is 0 Å². The molecule has 0 radical (unpaired) electrons. The number of hydrogen-bond acceptors (Lipinski definition) is 4. The van der Waals surface area contributed by atoms with E-state index in [1.54, 1.807) is 32.2 Å². The van der Waals surface area contributed by atoms with E-state index in [4.69, 9.17) is 10.5 Å². The van der Waals surface area contributed by atoms with Crippen LogP contribution >= 0.6 is 0 Å². The summed E-state index contributed by atoms with van der Waals surface area (Å²) in [6, 6.07) is 3.60. The summed E-state index contributed by atoms with van der Waals surface area (Å²) in [6.45, 7) is 4.05. The molecule has 0 saturated carbocycles. The Kier molecular flexibility index (Phi) is 3.43. The van der Waals surface area contributed by atoms with Crippen LogP contribution in [0, 0.1) is 0 Å². The van der Waals surface area contributed by atoms with Gasteiger partial charge in [-0.1, -0.05) is 0 Å². The van der Waals surface area contributed by atoms with Crippen molar-refractivity contribution >= 4 is 0 Å². The number of pyridine rings is 1. The molecule has 1 heterocycles. The summed E-state index contributed by atoms with van der Waals surface area (Å²) in [5.74, 6) is 0.643. The molecule has 0 aromatic carbocycles. The third-order valence-electron chi connectivity index (χ3n) is 1.60. The molecule has 4 heteroatoms. The van der Waals surface area contributed by atoms with Gasteiger partial charge >= 0.3 is 0 Å². The Morgan fingerprint density at radius 1 is 1.50 bits per heavy atom. The van der Waals surface area contributed by atoms with Gasteiger partial charge in [0, 0.05) is 6.54 Å². The fourth-order valence-electron chi connectivity index (χ4n) is 0.877. The first-order valence-electron chi connectivity index (χ1n) is 4.51. The summed E-state index contributed by atoms with van der Waals surface area (Å²) in [7, 11) is 0. The molecule has 0 atom stereocenters. The second-order valence-corrected chi connectivity index (χ2v) is 3.79. The van der Waals surface area contributed by atoms with Gasteiger partial charge in [0.1, 0.15) is 12.4 Å². The lowest BCUT2D eigenvalue weighted by atomic mass is 10.2. The summed E-state index contributed by atoms with van der Waals surface area (Å²) in [6.07, 6.45) is 1.61. The molecule has 0 aliphatic heterocycles. The zero-order chi connectivity index (χ0) is 10.6. The Hall–Kier alpha value is -1.13. The summed E-state index contributed by atoms with van der Waals surface area (Å²) in [5.41, 5.74) is 5.39. The van der Waals surface area contributed by atoms with Gasteiger partial charge in [0.05, 0.1) is 17.5 Å². The van der Waals surface area contributed by atoms with Crippen LogP contribution in [0.4, 0.5) is 0 Å². The lowest BCUT2D eigenvalue weighted by Crippen LogP contribution is -2.27. The van der Waals surface area contributed by atoms with Crippen molar-refractivity contribution in [3.8, 4) is 5.75 Å². The molecule has 1 aromatic rings. The van der Waals surface area contributed by atoms with E-state index in [1.807, 2.05) is 0 Å². The fraction of sp³-hybridized carbons (Fsp3) is 0.500. The summed E-state index contributed by atoms with van der Waals surface area (Å²) >= 11 is 0. The number of aliphatic hydroxyl groups is 1. The van der Waals surface area contributed by atoms with Gasteiger partial charge in [0.25, 0.3) is 0 Å². The Morgan fingerprint density at radius 2 is 2.21 bits per heavy atom. The minimum atomic E-state index is -0.827. The van der Waals surface area contributed by atoms with Crippen LogP contribution in [0.1, 0.15) is 19.5 Å². The minimum Gasteiger partial charge on any atom is -0.489 e. The summed E-state index contributed by atoms with van der Waals surface area (Å²) in [4.78, 5) is 4.07. The summed E-state index contributed by atoms with van der Waals surface area (Å²) in [5, 5.41) is 9.41. The molecule has 0 amide bonds. The monoisotopic (exact) mass is 196 g/mol. The number of nitrogens with zero attached hydrogens (tertiary/aromatic N) is 1. The highest BCUT2D eigenvalue weighted by atomic mass is 16.5. The largest absolute Gasteiger partial charge is 0.489 e. The van der Waals surface area contributed by atoms with Gasteiger partial charge in [-0.3, -0.25) is 4.98 Å². The summed E-state index contributed by atoms with van der Waals surface area (Å²) < 4.78 is 5.32. The molecule has 14 heavy (non-hydrogen) atoms. The first-order valence-corrected chi connectivity index (χ1v) is 4.51. The molecule has 1 rings (SSSR count). The van der Waals surface area contributed by atoms with Crippen molar-refractivity contribution in [1.29, 1.82) is 0 Å². The molecule has 0 aliphatic carbocycles. The van der Waals surface area contributed by atoms with E-state index < -0.39 is 5.60 Å². The molecule has 0 unspecified atom stereocenters. The molecule has 0 spiro atoms. The number of aromatic nitrogens is 1. The van der Waals surface area contributed by atoms with Gasteiger partial charge in [-0.25, -0.2) is 0 Å². The Balaban J connectivity index is 2.52. The van der Waals surface area contributed by atoms with Gasteiger partial charge in [-0.2, -0.15) is 0 Å². The van der Waals surface area contributed by atoms with E-state index in [0.717, 1.165) is 5.69 Å². The Bertz CT molecular complexity index is 277. The van der Waals surface area contributed by atoms with Crippen LogP contribution < -0.4 is 10.5 Å². The van der Waals surface area contributed by atoms with E-state index in [2.05, 4.69) is 4.98 Å². The average Bonchev–Trinajstić information content (AvgIpc) is 2.14. The maximum Gasteiger partial charge on any atom is 0.137 e. The van der Waals surface area contributed by atoms with Gasteiger partial charge in [0.2, 0.25) is 0 Å². The van der Waals surface area contributed by atoms with Crippen LogP contribution in [0.3, 0.4) is 0 Å². The highest BCUT2D eigenvalue weighted by Gasteiger charge is 2.13. The number of nitrogens with two attached hydrogens (primary N) is 1. The van der Waals surface area contributed by atoms with Gasteiger partial charge < -0.3 is 15.6 Å². The van der Waals surface area contributed by atoms with Crippen molar-refractivity contribution in [2.24, 2.45) is 5.73 Å². The standard InChI is InChI=1S/C10H16N2O2/c1-10(2,13)7-14-9-4-3-8(5-11)12-6-9/h3-4,6,13H,5,7,11H2,1-2H3. The lowest BCUT2D eigenvalue weighted by molar-refractivity contribution is 0.0283. The Morgan fingerprint density at radius 3 is 2.64 bits per heavy atom. The van der Waals surface area contributed by atoms with Crippen LogP contribution in [0.25, 0.3) is 0 Å². The predicted octanol–water partition coefficient (Wildman–Crippen LogP) is 0.690. The number of hydrogen-bond donors (Lipinski definition) is 2. The fourth-order valence-corrected chi connectivity index (χ4v) is 0.877. The maximum absolute atomic E-state index is 9.41. The third-order valence-corrected chi connectivity index (χ3v) is 1.60. The molecule has 0 aliphatic rings. The second-order valence-electron chi connectivity index (χ2n) is 3.79. The molecule has 0 saturated heterocycles. The third kappa shape index (κ3) is 3.72. The van der Waals surface area contributed by atoms with Crippen LogP contribution in [-0.4, -0.2) is 22.3 Å². The molecule has 1 aromatic heterocycles. The predicted molar refractivity (Wildman–Crippen MR) is 53.9 cm³/mol.